The highest BCUT2D eigenvalue weighted by Gasteiger charge is 2.39. The van der Waals surface area contributed by atoms with Crippen LogP contribution in [0.3, 0.4) is 0 Å². The number of hydrogen-bond donors (Lipinski definition) is 0. The molecule has 0 radical (unpaired) electrons. The molecule has 1 aliphatic carbocycles. The van der Waals surface area contributed by atoms with Crippen LogP contribution >= 0.6 is 0 Å². The van der Waals surface area contributed by atoms with Crippen molar-refractivity contribution in [1.82, 2.24) is 15.0 Å². The Morgan fingerprint density at radius 3 is 1.73 bits per heavy atom. The van der Waals surface area contributed by atoms with Crippen LogP contribution < -0.4 is 0 Å². The zero-order chi connectivity index (χ0) is 39.7. The molecule has 12 aromatic rings. The summed E-state index contributed by atoms with van der Waals surface area (Å²) in [6.07, 6.45) is 0. The van der Waals surface area contributed by atoms with Crippen molar-refractivity contribution in [3.63, 3.8) is 0 Å². The largest absolute Gasteiger partial charge is 0.455 e. The Labute approximate surface area is 345 Å². The molecule has 60 heavy (non-hydrogen) atoms. The molecule has 4 heteroatoms. The molecule has 0 fully saturated rings. The lowest BCUT2D eigenvalue weighted by molar-refractivity contribution is 0.653. The standard InChI is InChI=1S/C56H35N3O/c1-56(2)46-21-11-9-19-42(46)51-47(56)31-45(50-43-20-10-12-22-48(43)60-52(50)51)55-58-53(35-25-23-32-13-3-4-14-34(32)29-35)57-54(59-55)36-26-24-33-27-28-41-39-17-6-5-15-37(39)38-16-7-8-18-40(38)49(41)44(33)30-36/h3-31H,1-2H3. The van der Waals surface area contributed by atoms with Crippen LogP contribution in [0.2, 0.25) is 0 Å². The van der Waals surface area contributed by atoms with E-state index in [1.807, 2.05) is 6.07 Å². The van der Waals surface area contributed by atoms with Gasteiger partial charge in [-0.1, -0.05) is 166 Å². The summed E-state index contributed by atoms with van der Waals surface area (Å²) in [4.78, 5) is 16.2. The van der Waals surface area contributed by atoms with Gasteiger partial charge < -0.3 is 4.42 Å². The Morgan fingerprint density at radius 1 is 0.383 bits per heavy atom. The number of aromatic nitrogens is 3. The predicted molar refractivity (Wildman–Crippen MR) is 249 cm³/mol. The molecule has 0 saturated heterocycles. The van der Waals surface area contributed by atoms with E-state index in [9.17, 15) is 0 Å². The molecule has 0 bridgehead atoms. The lowest BCUT2D eigenvalue weighted by atomic mass is 9.81. The number of nitrogens with zero attached hydrogens (tertiary/aromatic N) is 3. The molecule has 13 rings (SSSR count). The third-order valence-electron chi connectivity index (χ3n) is 13.1. The second-order valence-electron chi connectivity index (χ2n) is 16.7. The molecule has 0 aliphatic heterocycles. The van der Waals surface area contributed by atoms with Gasteiger partial charge in [-0.15, -0.1) is 0 Å². The molecular weight excluding hydrogens is 731 g/mol. The van der Waals surface area contributed by atoms with E-state index in [0.717, 1.165) is 49.6 Å². The van der Waals surface area contributed by atoms with E-state index >= 15 is 0 Å². The van der Waals surface area contributed by atoms with E-state index in [1.54, 1.807) is 0 Å². The number of furan rings is 1. The quantitative estimate of drug-likeness (QED) is 0.168. The van der Waals surface area contributed by atoms with Crippen LogP contribution in [0.15, 0.2) is 180 Å². The topological polar surface area (TPSA) is 51.8 Å². The maximum atomic E-state index is 6.87. The molecule has 0 atom stereocenters. The van der Waals surface area contributed by atoms with E-state index in [4.69, 9.17) is 19.4 Å². The summed E-state index contributed by atoms with van der Waals surface area (Å²) < 4.78 is 6.87. The first-order valence-corrected chi connectivity index (χ1v) is 20.6. The molecule has 2 heterocycles. The normalized spacial score (nSPS) is 13.3. The molecular formula is C56H35N3O. The summed E-state index contributed by atoms with van der Waals surface area (Å²) in [5.74, 6) is 1.86. The Kier molecular flexibility index (Phi) is 6.75. The van der Waals surface area contributed by atoms with Crippen molar-refractivity contribution < 1.29 is 4.42 Å². The van der Waals surface area contributed by atoms with E-state index < -0.39 is 0 Å². The highest BCUT2D eigenvalue weighted by atomic mass is 16.3. The number of para-hydroxylation sites is 1. The van der Waals surface area contributed by atoms with Gasteiger partial charge in [0.25, 0.3) is 0 Å². The predicted octanol–water partition coefficient (Wildman–Crippen LogP) is 14.8. The zero-order valence-corrected chi connectivity index (χ0v) is 33.0. The summed E-state index contributed by atoms with van der Waals surface area (Å²) >= 11 is 0. The van der Waals surface area contributed by atoms with Crippen LogP contribution in [0.25, 0.3) is 121 Å². The molecule has 10 aromatic carbocycles. The molecule has 0 amide bonds. The maximum absolute atomic E-state index is 6.87. The first kappa shape index (κ1) is 33.3. The van der Waals surface area contributed by atoms with Crippen molar-refractivity contribution in [2.45, 2.75) is 19.3 Å². The summed E-state index contributed by atoms with van der Waals surface area (Å²) in [5, 5.41) is 14.2. The first-order chi connectivity index (χ1) is 29.5. The molecule has 2 aromatic heterocycles. The fourth-order valence-electron chi connectivity index (χ4n) is 10.2. The van der Waals surface area contributed by atoms with Gasteiger partial charge in [0.1, 0.15) is 11.2 Å². The van der Waals surface area contributed by atoms with Crippen LogP contribution in [0, 0.1) is 0 Å². The van der Waals surface area contributed by atoms with Gasteiger partial charge in [0.15, 0.2) is 17.5 Å². The first-order valence-electron chi connectivity index (χ1n) is 20.6. The number of fused-ring (bicyclic) bond motifs is 16. The third-order valence-corrected chi connectivity index (χ3v) is 13.1. The average molecular weight is 766 g/mol. The number of rotatable bonds is 3. The van der Waals surface area contributed by atoms with Crippen LogP contribution in [0.5, 0.6) is 0 Å². The van der Waals surface area contributed by atoms with Crippen LogP contribution in [0.1, 0.15) is 25.0 Å². The molecule has 4 nitrogen and oxygen atoms in total. The summed E-state index contributed by atoms with van der Waals surface area (Å²) in [5.41, 5.74) is 9.10. The molecule has 0 spiro atoms. The minimum Gasteiger partial charge on any atom is -0.455 e. The van der Waals surface area contributed by atoms with Crippen molar-refractivity contribution in [2.24, 2.45) is 0 Å². The van der Waals surface area contributed by atoms with Crippen molar-refractivity contribution in [1.29, 1.82) is 0 Å². The monoisotopic (exact) mass is 765 g/mol. The third kappa shape index (κ3) is 4.64. The molecule has 1 aliphatic rings. The maximum Gasteiger partial charge on any atom is 0.164 e. The SMILES string of the molecule is CC1(C)c2ccccc2-c2c1cc(-c1nc(-c3ccc4ccccc4c3)nc(-c3ccc4ccc5c6ccccc6c6ccccc6c5c4c3)n1)c1c2oc2ccccc21. The Morgan fingerprint density at radius 2 is 0.950 bits per heavy atom. The van der Waals surface area contributed by atoms with Gasteiger partial charge in [0, 0.05) is 38.4 Å². The van der Waals surface area contributed by atoms with Crippen molar-refractivity contribution in [3.05, 3.63) is 187 Å². The molecule has 0 unspecified atom stereocenters. The minimum absolute atomic E-state index is 0.267. The lowest BCUT2D eigenvalue weighted by Crippen LogP contribution is -2.15. The minimum atomic E-state index is -0.267. The molecule has 280 valence electrons. The van der Waals surface area contributed by atoms with Gasteiger partial charge >= 0.3 is 0 Å². The van der Waals surface area contributed by atoms with Crippen molar-refractivity contribution >= 4 is 75.8 Å². The smallest absolute Gasteiger partial charge is 0.164 e. The number of hydrogen-bond acceptors (Lipinski definition) is 4. The summed E-state index contributed by atoms with van der Waals surface area (Å²) in [6.45, 7) is 4.61. The van der Waals surface area contributed by atoms with E-state index in [0.29, 0.717) is 17.5 Å². The summed E-state index contributed by atoms with van der Waals surface area (Å²) in [6, 6.07) is 63.0. The highest BCUT2D eigenvalue weighted by molar-refractivity contribution is 6.31. The van der Waals surface area contributed by atoms with Gasteiger partial charge in [-0.3, -0.25) is 0 Å². The van der Waals surface area contributed by atoms with E-state index in [1.165, 1.54) is 65.2 Å². The lowest BCUT2D eigenvalue weighted by Gasteiger charge is -2.22. The van der Waals surface area contributed by atoms with Gasteiger partial charge in [-0.2, -0.15) is 0 Å². The average Bonchev–Trinajstić information content (AvgIpc) is 3.80. The number of benzene rings is 10. The van der Waals surface area contributed by atoms with Gasteiger partial charge in [-0.05, 0) is 94.8 Å². The van der Waals surface area contributed by atoms with Crippen LogP contribution in [-0.4, -0.2) is 15.0 Å². The van der Waals surface area contributed by atoms with Crippen LogP contribution in [-0.2, 0) is 5.41 Å². The molecule has 0 N–H and O–H groups in total. The van der Waals surface area contributed by atoms with Gasteiger partial charge in [-0.25, -0.2) is 15.0 Å². The Balaban J connectivity index is 1.12. The van der Waals surface area contributed by atoms with Gasteiger partial charge in [0.2, 0.25) is 0 Å². The second kappa shape index (κ2) is 12.2. The summed E-state index contributed by atoms with van der Waals surface area (Å²) in [7, 11) is 0. The highest BCUT2D eigenvalue weighted by Crippen LogP contribution is 2.54. The van der Waals surface area contributed by atoms with Crippen molar-refractivity contribution in [2.75, 3.05) is 0 Å². The van der Waals surface area contributed by atoms with Crippen molar-refractivity contribution in [3.8, 4) is 45.3 Å². The van der Waals surface area contributed by atoms with E-state index in [-0.39, 0.29) is 5.41 Å². The molecule has 0 saturated carbocycles. The zero-order valence-electron chi connectivity index (χ0n) is 33.0. The van der Waals surface area contributed by atoms with E-state index in [2.05, 4.69) is 184 Å². The second-order valence-corrected chi connectivity index (χ2v) is 16.7. The Bertz CT molecular complexity index is 3780. The van der Waals surface area contributed by atoms with Gasteiger partial charge in [0.05, 0.1) is 0 Å². The van der Waals surface area contributed by atoms with Crippen LogP contribution in [0.4, 0.5) is 0 Å². The fourth-order valence-corrected chi connectivity index (χ4v) is 10.2. The Hall–Kier alpha value is -7.69. The fraction of sp³-hybridized carbons (Fsp3) is 0.0536.